The van der Waals surface area contributed by atoms with Gasteiger partial charge in [0.25, 0.3) is 0 Å². The monoisotopic (exact) mass is 537 g/mol. The summed E-state index contributed by atoms with van der Waals surface area (Å²) >= 11 is 12.0. The lowest BCUT2D eigenvalue weighted by atomic mass is 10.1. The van der Waals surface area contributed by atoms with Gasteiger partial charge >= 0.3 is 0 Å². The molecule has 8 nitrogen and oxygen atoms in total. The molecule has 0 saturated heterocycles. The standard InChI is InChI=1S/C27H25Cl2N5O3/c1-34(2)12-4-5-26(35)33-24-14-20-23(15-25(24)36-3)30-16-31-27(20)32-17-6-8-18(9-7-17)37-19-10-11-21(28)22(29)13-19/h4-11,13-16H,12H2,1-3H3,(H,33,35)(H,30,31,32)/b5-4+. The fourth-order valence-electron chi connectivity index (χ4n) is 3.41. The molecule has 1 amide bonds. The number of carbonyl (C=O) groups excluding carboxylic acids is 1. The highest BCUT2D eigenvalue weighted by Gasteiger charge is 2.12. The van der Waals surface area contributed by atoms with Crippen LogP contribution >= 0.6 is 23.2 Å². The molecule has 0 aliphatic carbocycles. The Labute approximate surface area is 224 Å². The summed E-state index contributed by atoms with van der Waals surface area (Å²) in [6, 6.07) is 16.0. The minimum absolute atomic E-state index is 0.261. The van der Waals surface area contributed by atoms with Crippen LogP contribution in [0.2, 0.25) is 10.0 Å². The first-order valence-electron chi connectivity index (χ1n) is 11.3. The van der Waals surface area contributed by atoms with Crippen molar-refractivity contribution in [2.75, 3.05) is 38.4 Å². The lowest BCUT2D eigenvalue weighted by Gasteiger charge is -2.13. The summed E-state index contributed by atoms with van der Waals surface area (Å²) in [4.78, 5) is 23.1. The third kappa shape index (κ3) is 6.89. The number of benzene rings is 3. The highest BCUT2D eigenvalue weighted by atomic mass is 35.5. The van der Waals surface area contributed by atoms with E-state index in [-0.39, 0.29) is 5.91 Å². The molecule has 0 aliphatic heterocycles. The number of nitrogens with one attached hydrogen (secondary N) is 2. The van der Waals surface area contributed by atoms with Gasteiger partial charge in [0.1, 0.15) is 29.4 Å². The zero-order chi connectivity index (χ0) is 26.4. The van der Waals surface area contributed by atoms with Crippen molar-refractivity contribution in [3.63, 3.8) is 0 Å². The van der Waals surface area contributed by atoms with E-state index in [9.17, 15) is 4.79 Å². The van der Waals surface area contributed by atoms with Crippen molar-refractivity contribution in [1.29, 1.82) is 0 Å². The summed E-state index contributed by atoms with van der Waals surface area (Å²) in [7, 11) is 5.40. The van der Waals surface area contributed by atoms with Gasteiger partial charge in [-0.2, -0.15) is 0 Å². The fourth-order valence-corrected chi connectivity index (χ4v) is 3.70. The summed E-state index contributed by atoms with van der Waals surface area (Å²) < 4.78 is 11.3. The SMILES string of the molecule is COc1cc2ncnc(Nc3ccc(Oc4ccc(Cl)c(Cl)c4)cc3)c2cc1NC(=O)/C=C/CN(C)C. The molecule has 0 spiro atoms. The minimum Gasteiger partial charge on any atom is -0.494 e. The number of amides is 1. The van der Waals surface area contributed by atoms with Crippen LogP contribution in [0.5, 0.6) is 17.2 Å². The predicted octanol–water partition coefficient (Wildman–Crippen LogP) is 6.54. The first-order valence-corrected chi connectivity index (χ1v) is 12.0. The second kappa shape index (κ2) is 11.9. The van der Waals surface area contributed by atoms with Crippen LogP contribution in [0.1, 0.15) is 0 Å². The topological polar surface area (TPSA) is 88.6 Å². The van der Waals surface area contributed by atoms with Gasteiger partial charge in [-0.15, -0.1) is 0 Å². The van der Waals surface area contributed by atoms with Gasteiger partial charge in [0, 0.05) is 35.8 Å². The molecule has 4 rings (SSSR count). The molecular formula is C27H25Cl2N5O3. The van der Waals surface area contributed by atoms with E-state index in [1.807, 2.05) is 43.3 Å². The van der Waals surface area contributed by atoms with Gasteiger partial charge in [0.2, 0.25) is 5.91 Å². The largest absolute Gasteiger partial charge is 0.494 e. The molecule has 0 atom stereocenters. The van der Waals surface area contributed by atoms with Crippen molar-refractivity contribution in [3.8, 4) is 17.2 Å². The van der Waals surface area contributed by atoms with E-state index in [2.05, 4.69) is 20.6 Å². The number of hydrogen-bond acceptors (Lipinski definition) is 7. The molecule has 190 valence electrons. The van der Waals surface area contributed by atoms with Crippen LogP contribution in [-0.4, -0.2) is 48.5 Å². The molecule has 0 saturated carbocycles. The van der Waals surface area contributed by atoms with E-state index in [1.165, 1.54) is 12.4 Å². The number of anilines is 3. The van der Waals surface area contributed by atoms with Gasteiger partial charge < -0.3 is 25.0 Å². The number of rotatable bonds is 9. The lowest BCUT2D eigenvalue weighted by molar-refractivity contribution is -0.111. The Balaban J connectivity index is 1.54. The number of nitrogens with zero attached hydrogens (tertiary/aromatic N) is 3. The summed E-state index contributed by atoms with van der Waals surface area (Å²) in [5.74, 6) is 2.02. The fraction of sp³-hybridized carbons (Fsp3) is 0.148. The van der Waals surface area contributed by atoms with Gasteiger partial charge in [0.05, 0.1) is 28.4 Å². The van der Waals surface area contributed by atoms with E-state index in [4.69, 9.17) is 32.7 Å². The molecule has 0 radical (unpaired) electrons. The summed E-state index contributed by atoms with van der Waals surface area (Å²) in [5.41, 5.74) is 1.96. The molecule has 1 aromatic heterocycles. The van der Waals surface area contributed by atoms with Gasteiger partial charge in [-0.25, -0.2) is 9.97 Å². The lowest BCUT2D eigenvalue weighted by Crippen LogP contribution is -2.13. The number of ether oxygens (including phenoxy) is 2. The van der Waals surface area contributed by atoms with E-state index in [0.29, 0.717) is 56.2 Å². The zero-order valence-corrected chi connectivity index (χ0v) is 22.0. The molecule has 10 heteroatoms. The molecule has 37 heavy (non-hydrogen) atoms. The average Bonchev–Trinajstić information content (AvgIpc) is 2.87. The number of halogens is 2. The predicted molar refractivity (Wildman–Crippen MR) is 149 cm³/mol. The number of hydrogen-bond donors (Lipinski definition) is 2. The van der Waals surface area contributed by atoms with Gasteiger partial charge in [-0.05, 0) is 56.6 Å². The molecule has 0 fully saturated rings. The molecule has 4 aromatic rings. The Morgan fingerprint density at radius 1 is 1.00 bits per heavy atom. The molecule has 0 unspecified atom stereocenters. The Bertz CT molecular complexity index is 1440. The maximum atomic E-state index is 12.4. The van der Waals surface area contributed by atoms with Gasteiger partial charge in [-0.1, -0.05) is 29.3 Å². The van der Waals surface area contributed by atoms with Crippen LogP contribution in [0.3, 0.4) is 0 Å². The third-order valence-electron chi connectivity index (χ3n) is 5.20. The molecule has 1 heterocycles. The first kappa shape index (κ1) is 26.2. The molecule has 0 aliphatic rings. The molecule has 3 aromatic carbocycles. The third-order valence-corrected chi connectivity index (χ3v) is 5.94. The van der Waals surface area contributed by atoms with Crippen molar-refractivity contribution in [3.05, 3.63) is 83.1 Å². The second-order valence-electron chi connectivity index (χ2n) is 8.27. The van der Waals surface area contributed by atoms with Crippen molar-refractivity contribution >= 4 is 57.2 Å². The highest BCUT2D eigenvalue weighted by molar-refractivity contribution is 6.42. The van der Waals surface area contributed by atoms with Crippen LogP contribution in [0.4, 0.5) is 17.2 Å². The smallest absolute Gasteiger partial charge is 0.248 e. The quantitative estimate of drug-likeness (QED) is 0.234. The van der Waals surface area contributed by atoms with Crippen LogP contribution in [0.25, 0.3) is 10.9 Å². The van der Waals surface area contributed by atoms with Crippen LogP contribution in [-0.2, 0) is 4.79 Å². The summed E-state index contributed by atoms with van der Waals surface area (Å²) in [6.45, 7) is 0.654. The maximum Gasteiger partial charge on any atom is 0.248 e. The average molecular weight is 538 g/mol. The minimum atomic E-state index is -0.261. The van der Waals surface area contributed by atoms with E-state index in [0.717, 1.165) is 5.69 Å². The maximum absolute atomic E-state index is 12.4. The van der Waals surface area contributed by atoms with Crippen LogP contribution in [0.15, 0.2) is 73.1 Å². The Morgan fingerprint density at radius 2 is 1.76 bits per heavy atom. The highest BCUT2D eigenvalue weighted by Crippen LogP contribution is 2.34. The Hall–Kier alpha value is -3.85. The van der Waals surface area contributed by atoms with E-state index in [1.54, 1.807) is 43.5 Å². The second-order valence-corrected chi connectivity index (χ2v) is 9.09. The summed E-state index contributed by atoms with van der Waals surface area (Å²) in [5, 5.41) is 7.77. The molecule has 2 N–H and O–H groups in total. The van der Waals surface area contributed by atoms with Crippen LogP contribution in [0, 0.1) is 0 Å². The summed E-state index contributed by atoms with van der Waals surface area (Å²) in [6.07, 6.45) is 4.74. The van der Waals surface area contributed by atoms with Crippen LogP contribution < -0.4 is 20.1 Å². The van der Waals surface area contributed by atoms with Gasteiger partial charge in [-0.3, -0.25) is 4.79 Å². The number of carbonyl (C=O) groups is 1. The van der Waals surface area contributed by atoms with Crippen molar-refractivity contribution < 1.29 is 14.3 Å². The van der Waals surface area contributed by atoms with E-state index >= 15 is 0 Å². The first-order chi connectivity index (χ1) is 17.8. The number of fused-ring (bicyclic) bond motifs is 1. The Morgan fingerprint density at radius 3 is 2.46 bits per heavy atom. The molecular weight excluding hydrogens is 513 g/mol. The normalized spacial score (nSPS) is 11.2. The Kier molecular flexibility index (Phi) is 8.45. The van der Waals surface area contributed by atoms with Crippen molar-refractivity contribution in [1.82, 2.24) is 14.9 Å². The number of likely N-dealkylation sites (N-methyl/N-ethyl adjacent to an activating group) is 1. The molecule has 0 bridgehead atoms. The van der Waals surface area contributed by atoms with Crippen molar-refractivity contribution in [2.24, 2.45) is 0 Å². The zero-order valence-electron chi connectivity index (χ0n) is 20.5. The van der Waals surface area contributed by atoms with Crippen molar-refractivity contribution in [2.45, 2.75) is 0 Å². The van der Waals surface area contributed by atoms with E-state index < -0.39 is 0 Å². The number of aromatic nitrogens is 2. The van der Waals surface area contributed by atoms with Gasteiger partial charge in [0.15, 0.2) is 0 Å². The number of methoxy groups -OCH3 is 1.